The minimum absolute atomic E-state index is 0.183. The molecule has 0 bridgehead atoms. The molecular weight excluding hydrogens is 216 g/mol. The Kier molecular flexibility index (Phi) is 3.09. The van der Waals surface area contributed by atoms with Crippen molar-refractivity contribution < 1.29 is 4.79 Å². The van der Waals surface area contributed by atoms with E-state index in [1.807, 2.05) is 6.92 Å². The smallest absolute Gasteiger partial charge is 0.253 e. The monoisotopic (exact) mass is 230 g/mol. The Hall–Kier alpha value is -2.30. The first-order valence-corrected chi connectivity index (χ1v) is 5.33. The van der Waals surface area contributed by atoms with Crippen molar-refractivity contribution in [2.24, 2.45) is 0 Å². The van der Waals surface area contributed by atoms with Crippen LogP contribution in [0.3, 0.4) is 0 Å². The van der Waals surface area contributed by atoms with Crippen LogP contribution in [0.15, 0.2) is 36.7 Å². The summed E-state index contributed by atoms with van der Waals surface area (Å²) < 4.78 is 0. The molecule has 0 fully saturated rings. The lowest BCUT2D eigenvalue weighted by Crippen LogP contribution is -2.28. The highest BCUT2D eigenvalue weighted by atomic mass is 16.1. The zero-order chi connectivity index (χ0) is 12.3. The van der Waals surface area contributed by atoms with Crippen LogP contribution in [0.1, 0.15) is 29.1 Å². The minimum Gasteiger partial charge on any atom is -0.398 e. The molecule has 1 heterocycles. The van der Waals surface area contributed by atoms with E-state index in [1.54, 1.807) is 36.7 Å². The number of carbonyl (C=O) groups excluding carboxylic acids is 1. The lowest BCUT2D eigenvalue weighted by Gasteiger charge is -2.12. The first-order valence-electron chi connectivity index (χ1n) is 5.33. The Morgan fingerprint density at radius 2 is 2.24 bits per heavy atom. The van der Waals surface area contributed by atoms with E-state index in [4.69, 9.17) is 5.73 Å². The van der Waals surface area contributed by atoms with Gasteiger partial charge in [-0.1, -0.05) is 12.1 Å². The van der Waals surface area contributed by atoms with Gasteiger partial charge in [-0.05, 0) is 19.1 Å². The van der Waals surface area contributed by atoms with Crippen molar-refractivity contribution in [3.8, 4) is 0 Å². The van der Waals surface area contributed by atoms with Gasteiger partial charge in [-0.15, -0.1) is 0 Å². The number of aromatic nitrogens is 2. The highest BCUT2D eigenvalue weighted by Gasteiger charge is 2.14. The minimum atomic E-state index is -0.202. The van der Waals surface area contributed by atoms with Crippen LogP contribution >= 0.6 is 0 Å². The highest BCUT2D eigenvalue weighted by Crippen LogP contribution is 2.12. The molecule has 5 nitrogen and oxygen atoms in total. The van der Waals surface area contributed by atoms with E-state index in [-0.39, 0.29) is 11.9 Å². The Balaban J connectivity index is 2.10. The zero-order valence-electron chi connectivity index (χ0n) is 9.47. The summed E-state index contributed by atoms with van der Waals surface area (Å²) in [5, 5.41) is 2.83. The molecule has 2 aromatic rings. The first-order chi connectivity index (χ1) is 8.18. The van der Waals surface area contributed by atoms with Gasteiger partial charge in [0.2, 0.25) is 0 Å². The molecule has 2 rings (SSSR count). The topological polar surface area (TPSA) is 83.8 Å². The number of nitrogen functional groups attached to an aromatic ring is 1. The normalized spacial score (nSPS) is 12.1. The third-order valence-corrected chi connectivity index (χ3v) is 2.48. The van der Waals surface area contributed by atoms with Gasteiger partial charge in [-0.3, -0.25) is 4.79 Å². The molecule has 0 aliphatic heterocycles. The average Bonchev–Trinajstić information content (AvgIpc) is 2.82. The van der Waals surface area contributed by atoms with Gasteiger partial charge >= 0.3 is 0 Å². The van der Waals surface area contributed by atoms with Crippen LogP contribution in [0.2, 0.25) is 0 Å². The first kappa shape index (κ1) is 11.2. The van der Waals surface area contributed by atoms with Gasteiger partial charge in [-0.2, -0.15) is 0 Å². The van der Waals surface area contributed by atoms with Gasteiger partial charge in [-0.25, -0.2) is 4.98 Å². The summed E-state index contributed by atoms with van der Waals surface area (Å²) in [7, 11) is 0. The predicted molar refractivity (Wildman–Crippen MR) is 65.3 cm³/mol. The van der Waals surface area contributed by atoms with E-state index in [9.17, 15) is 4.79 Å². The van der Waals surface area contributed by atoms with Gasteiger partial charge in [0.1, 0.15) is 5.82 Å². The summed E-state index contributed by atoms with van der Waals surface area (Å²) in [4.78, 5) is 19.0. The number of imidazole rings is 1. The van der Waals surface area contributed by atoms with Crippen molar-refractivity contribution in [1.29, 1.82) is 0 Å². The fourth-order valence-corrected chi connectivity index (χ4v) is 1.56. The summed E-state index contributed by atoms with van der Waals surface area (Å²) >= 11 is 0. The average molecular weight is 230 g/mol. The van der Waals surface area contributed by atoms with Crippen molar-refractivity contribution in [1.82, 2.24) is 15.3 Å². The van der Waals surface area contributed by atoms with Gasteiger partial charge in [0, 0.05) is 18.1 Å². The third kappa shape index (κ3) is 2.44. The van der Waals surface area contributed by atoms with E-state index in [2.05, 4.69) is 15.3 Å². The fourth-order valence-electron chi connectivity index (χ4n) is 1.56. The standard InChI is InChI=1S/C12H14N4O/c1-8(11-14-6-7-15-11)16-12(17)9-4-2-3-5-10(9)13/h2-8H,13H2,1H3,(H,14,15)(H,16,17). The van der Waals surface area contributed by atoms with Crippen molar-refractivity contribution in [2.75, 3.05) is 5.73 Å². The second-order valence-electron chi connectivity index (χ2n) is 3.76. The zero-order valence-corrected chi connectivity index (χ0v) is 9.47. The molecule has 4 N–H and O–H groups in total. The number of nitrogens with one attached hydrogen (secondary N) is 2. The molecule has 0 radical (unpaired) electrons. The van der Waals surface area contributed by atoms with Crippen molar-refractivity contribution in [2.45, 2.75) is 13.0 Å². The second kappa shape index (κ2) is 4.69. The maximum atomic E-state index is 11.9. The van der Waals surface area contributed by atoms with Gasteiger partial charge < -0.3 is 16.0 Å². The van der Waals surface area contributed by atoms with Crippen LogP contribution in [0.25, 0.3) is 0 Å². The van der Waals surface area contributed by atoms with E-state index < -0.39 is 0 Å². The Morgan fingerprint density at radius 3 is 2.88 bits per heavy atom. The second-order valence-corrected chi connectivity index (χ2v) is 3.76. The molecule has 0 aliphatic carbocycles. The molecule has 0 saturated heterocycles. The van der Waals surface area contributed by atoms with E-state index in [0.717, 1.165) is 0 Å². The molecule has 5 heteroatoms. The largest absolute Gasteiger partial charge is 0.398 e. The SMILES string of the molecule is CC(NC(=O)c1ccccc1N)c1ncc[nH]1. The molecule has 0 spiro atoms. The van der Waals surface area contributed by atoms with Crippen LogP contribution in [0.5, 0.6) is 0 Å². The summed E-state index contributed by atoms with van der Waals surface area (Å²) in [5.41, 5.74) is 6.68. The summed E-state index contributed by atoms with van der Waals surface area (Å²) in [6.45, 7) is 1.86. The van der Waals surface area contributed by atoms with Crippen LogP contribution in [0.4, 0.5) is 5.69 Å². The number of para-hydroxylation sites is 1. The van der Waals surface area contributed by atoms with Gasteiger partial charge in [0.25, 0.3) is 5.91 Å². The van der Waals surface area contributed by atoms with Gasteiger partial charge in [0.05, 0.1) is 11.6 Å². The number of nitrogens with zero attached hydrogens (tertiary/aromatic N) is 1. The molecule has 0 saturated carbocycles. The quantitative estimate of drug-likeness (QED) is 0.698. The lowest BCUT2D eigenvalue weighted by atomic mass is 10.1. The number of rotatable bonds is 3. The summed E-state index contributed by atoms with van der Waals surface area (Å²) in [6, 6.07) is 6.79. The number of anilines is 1. The lowest BCUT2D eigenvalue weighted by molar-refractivity contribution is 0.0939. The number of amides is 1. The number of carbonyl (C=O) groups is 1. The van der Waals surface area contributed by atoms with E-state index in [1.165, 1.54) is 0 Å². The number of nitrogens with two attached hydrogens (primary N) is 1. The molecule has 1 aromatic carbocycles. The molecule has 1 amide bonds. The molecular formula is C12H14N4O. The highest BCUT2D eigenvalue weighted by molar-refractivity contribution is 5.99. The van der Waals surface area contributed by atoms with Crippen LogP contribution in [-0.4, -0.2) is 15.9 Å². The Morgan fingerprint density at radius 1 is 1.47 bits per heavy atom. The van der Waals surface area contributed by atoms with Crippen molar-refractivity contribution in [3.63, 3.8) is 0 Å². The van der Waals surface area contributed by atoms with Gasteiger partial charge in [0.15, 0.2) is 0 Å². The predicted octanol–water partition coefficient (Wildman–Crippen LogP) is 1.48. The molecule has 1 aromatic heterocycles. The Bertz CT molecular complexity index is 507. The van der Waals surface area contributed by atoms with Crippen LogP contribution < -0.4 is 11.1 Å². The maximum absolute atomic E-state index is 11.9. The number of aromatic amines is 1. The molecule has 1 atom stereocenters. The molecule has 1 unspecified atom stereocenters. The summed E-state index contributed by atoms with van der Waals surface area (Å²) in [5.74, 6) is 0.514. The van der Waals surface area contributed by atoms with Crippen molar-refractivity contribution >= 4 is 11.6 Å². The number of hydrogen-bond donors (Lipinski definition) is 3. The summed E-state index contributed by atoms with van der Waals surface area (Å²) in [6.07, 6.45) is 3.36. The molecule has 0 aliphatic rings. The maximum Gasteiger partial charge on any atom is 0.253 e. The van der Waals surface area contributed by atoms with Crippen molar-refractivity contribution in [3.05, 3.63) is 48.0 Å². The Labute approximate surface area is 99.1 Å². The van der Waals surface area contributed by atoms with E-state index in [0.29, 0.717) is 17.1 Å². The molecule has 17 heavy (non-hydrogen) atoms. The van der Waals surface area contributed by atoms with Crippen LogP contribution in [0, 0.1) is 0 Å². The molecule has 88 valence electrons. The number of H-pyrrole nitrogens is 1. The third-order valence-electron chi connectivity index (χ3n) is 2.48. The fraction of sp³-hybridized carbons (Fsp3) is 0.167. The van der Waals surface area contributed by atoms with E-state index >= 15 is 0 Å². The number of hydrogen-bond acceptors (Lipinski definition) is 3. The number of benzene rings is 1. The van der Waals surface area contributed by atoms with Crippen LogP contribution in [-0.2, 0) is 0 Å².